The Balaban J connectivity index is 3.13. The van der Waals surface area contributed by atoms with Crippen LogP contribution in [0.1, 0.15) is 74.7 Å². The van der Waals surface area contributed by atoms with Crippen molar-refractivity contribution in [2.75, 3.05) is 7.05 Å². The van der Waals surface area contributed by atoms with E-state index in [1.165, 1.54) is 34.0 Å². The summed E-state index contributed by atoms with van der Waals surface area (Å²) < 4.78 is 38.7. The van der Waals surface area contributed by atoms with Gasteiger partial charge in [0, 0.05) is 24.7 Å². The molecule has 0 aromatic carbocycles. The summed E-state index contributed by atoms with van der Waals surface area (Å²) in [7, 11) is 1.53. The first-order valence-electron chi connectivity index (χ1n) is 12.3. The number of rotatable bonds is 9. The highest BCUT2D eigenvalue weighted by atomic mass is 19.4. The van der Waals surface area contributed by atoms with Crippen LogP contribution >= 0.6 is 0 Å². The number of carbonyl (C=O) groups is 4. The molecule has 37 heavy (non-hydrogen) atoms. The molecule has 0 radical (unpaired) electrons. The third kappa shape index (κ3) is 10.7. The molecule has 1 heterocycles. The highest BCUT2D eigenvalue weighted by molar-refractivity contribution is 5.94. The average molecular weight is 534 g/mol. The minimum Gasteiger partial charge on any atom is -0.351 e. The van der Waals surface area contributed by atoms with Gasteiger partial charge < -0.3 is 21.3 Å². The summed E-state index contributed by atoms with van der Waals surface area (Å²) >= 11 is 0. The molecule has 4 amide bonds. The van der Waals surface area contributed by atoms with Crippen LogP contribution in [-0.2, 0) is 19.2 Å². The van der Waals surface area contributed by atoms with Crippen molar-refractivity contribution in [2.45, 2.75) is 104 Å². The topological polar surface area (TPSA) is 129 Å². The Morgan fingerprint density at radius 2 is 1.62 bits per heavy atom. The van der Waals surface area contributed by atoms with Gasteiger partial charge in [-0.05, 0) is 43.9 Å². The van der Waals surface area contributed by atoms with Crippen LogP contribution < -0.4 is 21.3 Å². The second-order valence-corrected chi connectivity index (χ2v) is 12.6. The fraction of sp³-hybridized carbons (Fsp3) is 0.800. The zero-order valence-electron chi connectivity index (χ0n) is 23.2. The SMILES string of the molecule is C/N=C\C(CC1CC(C)(C)NC1=O)NC(=O)C(CC(C)(C)C)NC(=O)C(NC(=O)C(F)(F)F)C(C)(C)C. The van der Waals surface area contributed by atoms with Gasteiger partial charge in [-0.15, -0.1) is 0 Å². The maximum absolute atomic E-state index is 13.3. The first kappa shape index (κ1) is 32.4. The highest BCUT2D eigenvalue weighted by Gasteiger charge is 2.44. The van der Waals surface area contributed by atoms with Crippen LogP contribution in [0.5, 0.6) is 0 Å². The molecule has 0 aromatic heterocycles. The zero-order chi connectivity index (χ0) is 29.0. The molecule has 1 aliphatic heterocycles. The van der Waals surface area contributed by atoms with Crippen molar-refractivity contribution in [1.29, 1.82) is 0 Å². The summed E-state index contributed by atoms with van der Waals surface area (Å²) in [5.41, 5.74) is -1.88. The third-order valence-corrected chi connectivity index (χ3v) is 5.89. The minimum atomic E-state index is -5.17. The molecule has 1 aliphatic rings. The van der Waals surface area contributed by atoms with Crippen LogP contribution in [0, 0.1) is 16.7 Å². The molecule has 1 rings (SSSR count). The molecular formula is C25H42F3N5O4. The lowest BCUT2D eigenvalue weighted by atomic mass is 9.84. The van der Waals surface area contributed by atoms with Crippen molar-refractivity contribution >= 4 is 29.8 Å². The van der Waals surface area contributed by atoms with Crippen LogP contribution in [0.25, 0.3) is 0 Å². The van der Waals surface area contributed by atoms with Gasteiger partial charge in [-0.1, -0.05) is 41.5 Å². The van der Waals surface area contributed by atoms with Crippen LogP contribution in [-0.4, -0.2) is 66.7 Å². The molecule has 0 bridgehead atoms. The standard InChI is InChI=1S/C25H42F3N5O4/c1-22(2,3)12-16(31-20(36)17(23(4,5)6)32-21(37)25(26,27)28)19(35)30-15(13-29-9)10-14-11-24(7,8)33-18(14)34/h13-17H,10-12H2,1-9H3,(H,30,35)(H,31,36)(H,32,37)(H,33,34)/b29-13-. The molecular weight excluding hydrogens is 491 g/mol. The Morgan fingerprint density at radius 3 is 2.03 bits per heavy atom. The summed E-state index contributed by atoms with van der Waals surface area (Å²) in [5, 5.41) is 10.0. The number of nitrogens with zero attached hydrogens (tertiary/aromatic N) is 1. The number of amides is 4. The van der Waals surface area contributed by atoms with E-state index in [4.69, 9.17) is 0 Å². The summed E-state index contributed by atoms with van der Waals surface area (Å²) in [6.07, 6.45) is -2.62. The number of hydrogen-bond donors (Lipinski definition) is 4. The lowest BCUT2D eigenvalue weighted by molar-refractivity contribution is -0.175. The second-order valence-electron chi connectivity index (χ2n) is 12.6. The van der Waals surface area contributed by atoms with E-state index in [-0.39, 0.29) is 23.8 Å². The minimum absolute atomic E-state index is 0.123. The van der Waals surface area contributed by atoms with Crippen molar-refractivity contribution in [3.05, 3.63) is 0 Å². The third-order valence-electron chi connectivity index (χ3n) is 5.89. The molecule has 0 saturated carbocycles. The Morgan fingerprint density at radius 1 is 1.05 bits per heavy atom. The van der Waals surface area contributed by atoms with E-state index in [0.717, 1.165) is 0 Å². The van der Waals surface area contributed by atoms with Gasteiger partial charge in [0.2, 0.25) is 17.7 Å². The maximum Gasteiger partial charge on any atom is 0.471 e. The average Bonchev–Trinajstić information content (AvgIpc) is 2.93. The molecule has 0 aliphatic carbocycles. The van der Waals surface area contributed by atoms with E-state index in [1.807, 2.05) is 34.6 Å². The zero-order valence-corrected chi connectivity index (χ0v) is 23.2. The van der Waals surface area contributed by atoms with Crippen LogP contribution in [0.4, 0.5) is 13.2 Å². The predicted molar refractivity (Wildman–Crippen MR) is 135 cm³/mol. The number of halogens is 3. The molecule has 1 saturated heterocycles. The van der Waals surface area contributed by atoms with Gasteiger partial charge in [-0.2, -0.15) is 13.2 Å². The summed E-state index contributed by atoms with van der Waals surface area (Å²) in [6, 6.07) is -3.26. The molecule has 9 nitrogen and oxygen atoms in total. The summed E-state index contributed by atoms with van der Waals surface area (Å²) in [6.45, 7) is 13.9. The Hall–Kier alpha value is -2.66. The van der Waals surface area contributed by atoms with E-state index in [1.54, 1.807) is 5.32 Å². The van der Waals surface area contributed by atoms with Gasteiger partial charge in [0.1, 0.15) is 12.1 Å². The molecule has 0 spiro atoms. The first-order chi connectivity index (χ1) is 16.6. The monoisotopic (exact) mass is 533 g/mol. The molecule has 12 heteroatoms. The maximum atomic E-state index is 13.3. The van der Waals surface area contributed by atoms with Gasteiger partial charge in [0.05, 0.1) is 6.04 Å². The predicted octanol–water partition coefficient (Wildman–Crippen LogP) is 2.49. The smallest absolute Gasteiger partial charge is 0.351 e. The summed E-state index contributed by atoms with van der Waals surface area (Å²) in [4.78, 5) is 54.4. The van der Waals surface area contributed by atoms with E-state index < -0.39 is 52.9 Å². The molecule has 1 fully saturated rings. The Labute approximate surface area is 217 Å². The van der Waals surface area contributed by atoms with Crippen LogP contribution in [0.15, 0.2) is 4.99 Å². The number of aliphatic imine (C=N–C) groups is 1. The first-order valence-corrected chi connectivity index (χ1v) is 12.3. The van der Waals surface area contributed by atoms with Gasteiger partial charge in [-0.25, -0.2) is 0 Å². The fourth-order valence-electron chi connectivity index (χ4n) is 4.28. The summed E-state index contributed by atoms with van der Waals surface area (Å²) in [5.74, 6) is -4.19. The molecule has 0 aromatic rings. The van der Waals surface area contributed by atoms with E-state index in [2.05, 4.69) is 20.9 Å². The Bertz CT molecular complexity index is 888. The van der Waals surface area contributed by atoms with E-state index >= 15 is 0 Å². The van der Waals surface area contributed by atoms with Crippen molar-refractivity contribution < 1.29 is 32.3 Å². The number of hydrogen-bond acceptors (Lipinski definition) is 5. The quantitative estimate of drug-likeness (QED) is 0.340. The Kier molecular flexibility index (Phi) is 10.3. The highest BCUT2D eigenvalue weighted by Crippen LogP contribution is 2.28. The van der Waals surface area contributed by atoms with Crippen molar-refractivity contribution in [2.24, 2.45) is 21.7 Å². The van der Waals surface area contributed by atoms with Gasteiger partial charge in [0.25, 0.3) is 0 Å². The van der Waals surface area contributed by atoms with Gasteiger partial charge in [-0.3, -0.25) is 24.2 Å². The largest absolute Gasteiger partial charge is 0.471 e. The molecule has 212 valence electrons. The van der Waals surface area contributed by atoms with Gasteiger partial charge >= 0.3 is 12.1 Å². The van der Waals surface area contributed by atoms with E-state index in [0.29, 0.717) is 12.8 Å². The van der Waals surface area contributed by atoms with Crippen molar-refractivity contribution in [1.82, 2.24) is 21.3 Å². The van der Waals surface area contributed by atoms with Crippen LogP contribution in [0.3, 0.4) is 0 Å². The normalized spacial score (nSPS) is 20.6. The van der Waals surface area contributed by atoms with Gasteiger partial charge in [0.15, 0.2) is 0 Å². The number of alkyl halides is 3. The fourth-order valence-corrected chi connectivity index (χ4v) is 4.28. The molecule has 4 unspecified atom stereocenters. The lowest BCUT2D eigenvalue weighted by Gasteiger charge is -2.33. The number of nitrogens with one attached hydrogen (secondary N) is 4. The van der Waals surface area contributed by atoms with Crippen molar-refractivity contribution in [3.8, 4) is 0 Å². The van der Waals surface area contributed by atoms with E-state index in [9.17, 15) is 32.3 Å². The molecule has 4 N–H and O–H groups in total. The molecule has 4 atom stereocenters. The van der Waals surface area contributed by atoms with Crippen LogP contribution in [0.2, 0.25) is 0 Å². The lowest BCUT2D eigenvalue weighted by Crippen LogP contribution is -2.60. The number of carbonyl (C=O) groups excluding carboxylic acids is 4. The second kappa shape index (κ2) is 11.8. The van der Waals surface area contributed by atoms with Crippen molar-refractivity contribution in [3.63, 3.8) is 0 Å².